The molecule has 2 heterocycles. The highest BCUT2D eigenvalue weighted by molar-refractivity contribution is 7.90. The summed E-state index contributed by atoms with van der Waals surface area (Å²) in [6.07, 6.45) is 3.14. The van der Waals surface area contributed by atoms with Crippen molar-refractivity contribution in [2.45, 2.75) is 56.7 Å². The van der Waals surface area contributed by atoms with Gasteiger partial charge in [-0.2, -0.15) is 13.1 Å². The monoisotopic (exact) mass is 737 g/mol. The molecule has 11 nitrogen and oxygen atoms in total. The van der Waals surface area contributed by atoms with E-state index in [9.17, 15) is 22.8 Å². The molecule has 2 aliphatic heterocycles. The Kier molecular flexibility index (Phi) is 12.8. The number of anilines is 1. The molecule has 0 aliphatic carbocycles. The van der Waals surface area contributed by atoms with Crippen LogP contribution in [0.15, 0.2) is 121 Å². The quantitative estimate of drug-likeness (QED) is 0.152. The van der Waals surface area contributed by atoms with Gasteiger partial charge in [0, 0.05) is 37.8 Å². The Bertz CT molecular complexity index is 1850. The first kappa shape index (κ1) is 37.6. The van der Waals surface area contributed by atoms with Crippen molar-refractivity contribution < 1.29 is 27.5 Å². The van der Waals surface area contributed by atoms with Crippen LogP contribution in [0.4, 0.5) is 10.5 Å². The van der Waals surface area contributed by atoms with Crippen LogP contribution in [0.2, 0.25) is 0 Å². The smallest absolute Gasteiger partial charge is 0.410 e. The zero-order valence-corrected chi connectivity index (χ0v) is 30.5. The zero-order chi connectivity index (χ0) is 37.0. The average molecular weight is 738 g/mol. The molecule has 0 spiro atoms. The summed E-state index contributed by atoms with van der Waals surface area (Å²) in [5.74, 6) is -1.06. The number of ether oxygens (including phenoxy) is 1. The molecular formula is C41H47N5O6S. The summed E-state index contributed by atoms with van der Waals surface area (Å²) >= 11 is 0. The first-order valence-electron chi connectivity index (χ1n) is 18.3. The molecular weight excluding hydrogens is 691 g/mol. The molecule has 12 heteroatoms. The Balaban J connectivity index is 1.10. The van der Waals surface area contributed by atoms with Gasteiger partial charge < -0.3 is 19.9 Å². The largest absolute Gasteiger partial charge is 0.445 e. The maximum atomic E-state index is 14.7. The first-order valence-corrected chi connectivity index (χ1v) is 19.7. The van der Waals surface area contributed by atoms with Gasteiger partial charge in [0.25, 0.3) is 10.2 Å². The fraction of sp³-hybridized carbons (Fsp3) is 0.341. The third-order valence-electron chi connectivity index (χ3n) is 9.99. The van der Waals surface area contributed by atoms with E-state index >= 15 is 0 Å². The summed E-state index contributed by atoms with van der Waals surface area (Å²) in [5.41, 5.74) is 2.82. The van der Waals surface area contributed by atoms with Crippen molar-refractivity contribution in [3.05, 3.63) is 138 Å². The molecule has 2 saturated heterocycles. The normalized spacial score (nSPS) is 17.0. The molecule has 0 bridgehead atoms. The Hall–Kier alpha value is -5.20. The van der Waals surface area contributed by atoms with Crippen molar-refractivity contribution in [2.24, 2.45) is 5.92 Å². The Morgan fingerprint density at radius 2 is 1.30 bits per heavy atom. The van der Waals surface area contributed by atoms with E-state index in [0.29, 0.717) is 50.6 Å². The number of amides is 3. The summed E-state index contributed by atoms with van der Waals surface area (Å²) < 4.78 is 38.0. The number of hydrogen-bond donors (Lipinski definition) is 3. The Morgan fingerprint density at radius 3 is 1.91 bits per heavy atom. The molecule has 0 aromatic heterocycles. The van der Waals surface area contributed by atoms with Crippen molar-refractivity contribution in [1.29, 1.82) is 0 Å². The van der Waals surface area contributed by atoms with Crippen LogP contribution in [0.3, 0.4) is 0 Å². The second-order valence-corrected chi connectivity index (χ2v) is 15.1. The number of rotatable bonds is 14. The van der Waals surface area contributed by atoms with E-state index in [4.69, 9.17) is 4.74 Å². The van der Waals surface area contributed by atoms with Crippen LogP contribution in [0.5, 0.6) is 0 Å². The lowest BCUT2D eigenvalue weighted by molar-refractivity contribution is -0.140. The van der Waals surface area contributed by atoms with Crippen molar-refractivity contribution in [2.75, 3.05) is 30.9 Å². The third-order valence-corrected chi connectivity index (χ3v) is 11.1. The zero-order valence-electron chi connectivity index (χ0n) is 29.7. The van der Waals surface area contributed by atoms with Crippen molar-refractivity contribution >= 4 is 33.8 Å². The fourth-order valence-electron chi connectivity index (χ4n) is 7.23. The molecule has 3 N–H and O–H groups in total. The van der Waals surface area contributed by atoms with E-state index in [1.54, 1.807) is 35.2 Å². The molecule has 2 atom stereocenters. The minimum atomic E-state index is -4.24. The van der Waals surface area contributed by atoms with Crippen LogP contribution in [0.25, 0.3) is 0 Å². The molecule has 2 aliphatic rings. The van der Waals surface area contributed by atoms with Crippen LogP contribution < -0.4 is 14.8 Å². The third kappa shape index (κ3) is 10.2. The van der Waals surface area contributed by atoms with Gasteiger partial charge in [-0.05, 0) is 66.8 Å². The van der Waals surface area contributed by atoms with Crippen LogP contribution in [0, 0.1) is 5.92 Å². The standard InChI is InChI=1S/C41H47N5O6S/c47-39(42-26-23-31-24-28-45(29-25-31)41(49)52-30-32-14-5-1-6-15-32)36-22-13-27-46(36)40(48)38(44-53(50,51)43-35-20-11-4-12-21-35)37(33-16-7-2-8-17-33)34-18-9-3-10-19-34/h1-12,14-21,31,36-38,43-44H,13,22-30H2,(H,42,47)/t36-,38+/m0/s1. The van der Waals surface area contributed by atoms with Gasteiger partial charge in [-0.25, -0.2) is 4.79 Å². The van der Waals surface area contributed by atoms with Crippen molar-refractivity contribution in [3.8, 4) is 0 Å². The van der Waals surface area contributed by atoms with Gasteiger partial charge in [0.2, 0.25) is 11.8 Å². The molecule has 4 aromatic carbocycles. The molecule has 0 unspecified atom stereocenters. The predicted octanol–water partition coefficient (Wildman–Crippen LogP) is 5.68. The van der Waals surface area contributed by atoms with E-state index in [1.165, 1.54) is 4.90 Å². The summed E-state index contributed by atoms with van der Waals surface area (Å²) in [5, 5.41) is 3.05. The second kappa shape index (κ2) is 18.0. The number of carbonyl (C=O) groups is 3. The molecule has 278 valence electrons. The minimum Gasteiger partial charge on any atom is -0.445 e. The summed E-state index contributed by atoms with van der Waals surface area (Å²) in [7, 11) is -4.24. The molecule has 2 fully saturated rings. The van der Waals surface area contributed by atoms with Gasteiger partial charge in [0.15, 0.2) is 0 Å². The number of carbonyl (C=O) groups excluding carboxylic acids is 3. The molecule has 0 radical (unpaired) electrons. The first-order chi connectivity index (χ1) is 25.8. The number of nitrogens with zero attached hydrogens (tertiary/aromatic N) is 2. The van der Waals surface area contributed by atoms with E-state index < -0.39 is 34.1 Å². The highest BCUT2D eigenvalue weighted by Crippen LogP contribution is 2.32. The fourth-order valence-corrected chi connectivity index (χ4v) is 8.31. The molecule has 0 saturated carbocycles. The highest BCUT2D eigenvalue weighted by atomic mass is 32.2. The number of hydrogen-bond acceptors (Lipinski definition) is 6. The lowest BCUT2D eigenvalue weighted by atomic mass is 9.84. The molecule has 53 heavy (non-hydrogen) atoms. The van der Waals surface area contributed by atoms with Crippen molar-refractivity contribution in [3.63, 3.8) is 0 Å². The van der Waals surface area contributed by atoms with Crippen LogP contribution in [-0.2, 0) is 31.1 Å². The second-order valence-electron chi connectivity index (χ2n) is 13.6. The average Bonchev–Trinajstić information content (AvgIpc) is 3.69. The molecule has 4 aromatic rings. The van der Waals surface area contributed by atoms with Gasteiger partial charge in [-0.15, -0.1) is 0 Å². The van der Waals surface area contributed by atoms with Gasteiger partial charge in [-0.3, -0.25) is 14.3 Å². The van der Waals surface area contributed by atoms with Crippen LogP contribution in [0.1, 0.15) is 54.7 Å². The predicted molar refractivity (Wildman–Crippen MR) is 204 cm³/mol. The lowest BCUT2D eigenvalue weighted by Gasteiger charge is -2.33. The van der Waals surface area contributed by atoms with Gasteiger partial charge in [0.05, 0.1) is 0 Å². The summed E-state index contributed by atoms with van der Waals surface area (Å²) in [4.78, 5) is 44.2. The van der Waals surface area contributed by atoms with E-state index in [-0.39, 0.29) is 18.6 Å². The van der Waals surface area contributed by atoms with Gasteiger partial charge >= 0.3 is 6.09 Å². The number of para-hydroxylation sites is 1. The van der Waals surface area contributed by atoms with E-state index in [0.717, 1.165) is 36.0 Å². The number of benzene rings is 4. The molecule has 3 amide bonds. The minimum absolute atomic E-state index is 0.239. The lowest BCUT2D eigenvalue weighted by Crippen LogP contribution is -2.56. The molecule has 6 rings (SSSR count). The number of piperidine rings is 1. The Morgan fingerprint density at radius 1 is 0.736 bits per heavy atom. The summed E-state index contributed by atoms with van der Waals surface area (Å²) in [6.45, 7) is 2.20. The van der Waals surface area contributed by atoms with E-state index in [2.05, 4.69) is 14.8 Å². The van der Waals surface area contributed by atoms with Crippen molar-refractivity contribution in [1.82, 2.24) is 19.8 Å². The van der Waals surface area contributed by atoms with Gasteiger partial charge in [-0.1, -0.05) is 109 Å². The van der Waals surface area contributed by atoms with Crippen LogP contribution in [-0.4, -0.2) is 74.4 Å². The van der Waals surface area contributed by atoms with Crippen LogP contribution >= 0.6 is 0 Å². The maximum absolute atomic E-state index is 14.7. The van der Waals surface area contributed by atoms with Gasteiger partial charge in [0.1, 0.15) is 18.7 Å². The highest BCUT2D eigenvalue weighted by Gasteiger charge is 2.42. The topological polar surface area (TPSA) is 137 Å². The van der Waals surface area contributed by atoms with E-state index in [1.807, 2.05) is 91.0 Å². The maximum Gasteiger partial charge on any atom is 0.410 e. The summed E-state index contributed by atoms with van der Waals surface area (Å²) in [6, 6.07) is 34.8. The Labute approximate surface area is 311 Å². The SMILES string of the molecule is O=C(NCCC1CCN(C(=O)OCc2ccccc2)CC1)[C@@H]1CCCN1C(=O)[C@H](NS(=O)(=O)Nc1ccccc1)C(c1ccccc1)c1ccccc1. The number of nitrogens with one attached hydrogen (secondary N) is 3. The number of likely N-dealkylation sites (tertiary alicyclic amines) is 2.